The van der Waals surface area contributed by atoms with Crippen molar-refractivity contribution in [2.45, 2.75) is 19.8 Å². The summed E-state index contributed by atoms with van der Waals surface area (Å²) in [6, 6.07) is 8.95. The molecule has 0 heterocycles. The van der Waals surface area contributed by atoms with Gasteiger partial charge in [-0.3, -0.25) is 0 Å². The maximum absolute atomic E-state index is 11.3. The van der Waals surface area contributed by atoms with Gasteiger partial charge in [-0.05, 0) is 24.6 Å². The van der Waals surface area contributed by atoms with E-state index >= 15 is 0 Å². The van der Waals surface area contributed by atoms with E-state index in [1.807, 2.05) is 24.3 Å². The first kappa shape index (κ1) is 10.5. The van der Waals surface area contributed by atoms with Crippen molar-refractivity contribution in [1.82, 2.24) is 0 Å². The number of unbranched alkanes of at least 4 members (excludes halogenated alkanes) is 1. The molecular weight excluding hydrogens is 176 g/mol. The number of hydrogen-bond donors (Lipinski definition) is 0. The Balaban J connectivity index is 2.44. The van der Waals surface area contributed by atoms with E-state index in [-0.39, 0.29) is 5.97 Å². The van der Waals surface area contributed by atoms with Gasteiger partial charge in [0.2, 0.25) is 0 Å². The lowest BCUT2D eigenvalue weighted by Gasteiger charge is -1.97. The molecule has 0 aromatic heterocycles. The molecule has 0 fully saturated rings. The highest BCUT2D eigenvalue weighted by Crippen LogP contribution is 2.01. The number of allylic oxidation sites excluding steroid dienone is 1. The molecule has 0 N–H and O–H groups in total. The summed E-state index contributed by atoms with van der Waals surface area (Å²) in [5.74, 6) is -0.307. The summed E-state index contributed by atoms with van der Waals surface area (Å²) in [7, 11) is 0. The molecule has 0 amide bonds. The van der Waals surface area contributed by atoms with E-state index in [0.717, 1.165) is 12.8 Å². The number of hydrogen-bond acceptors (Lipinski definition) is 2. The number of carbonyl (C=O) groups excluding carboxylic acids is 1. The van der Waals surface area contributed by atoms with Crippen molar-refractivity contribution in [1.29, 1.82) is 0 Å². The van der Waals surface area contributed by atoms with Gasteiger partial charge in [-0.15, -0.1) is 0 Å². The second-order valence-electron chi connectivity index (χ2n) is 2.93. The lowest BCUT2D eigenvalue weighted by atomic mass is 10.2. The number of carbonyl (C=O) groups is 1. The molecule has 1 aromatic rings. The Labute approximate surface area is 84.2 Å². The molecule has 2 heteroatoms. The minimum absolute atomic E-state index is 0.307. The second kappa shape index (κ2) is 5.97. The molecule has 74 valence electrons. The molecule has 2 nitrogen and oxygen atoms in total. The fraction of sp³-hybridized carbons (Fsp3) is 0.250. The number of rotatable bonds is 4. The van der Waals surface area contributed by atoms with Crippen LogP contribution in [0.2, 0.25) is 0 Å². The van der Waals surface area contributed by atoms with Gasteiger partial charge in [0.15, 0.2) is 0 Å². The third kappa shape index (κ3) is 3.44. The topological polar surface area (TPSA) is 26.3 Å². The van der Waals surface area contributed by atoms with Gasteiger partial charge in [0.25, 0.3) is 0 Å². The van der Waals surface area contributed by atoms with E-state index in [2.05, 4.69) is 6.92 Å². The van der Waals surface area contributed by atoms with Crippen LogP contribution in [0, 0.1) is 0 Å². The van der Waals surface area contributed by atoms with E-state index < -0.39 is 0 Å². The van der Waals surface area contributed by atoms with Crippen LogP contribution in [0.15, 0.2) is 42.7 Å². The Hall–Kier alpha value is -1.57. The highest BCUT2D eigenvalue weighted by atomic mass is 16.5. The van der Waals surface area contributed by atoms with Crippen LogP contribution >= 0.6 is 0 Å². The summed E-state index contributed by atoms with van der Waals surface area (Å²) in [6.07, 6.45) is 5.29. The van der Waals surface area contributed by atoms with Crippen molar-refractivity contribution >= 4 is 5.97 Å². The fourth-order valence-corrected chi connectivity index (χ4v) is 0.987. The van der Waals surface area contributed by atoms with Crippen LogP contribution in [0.4, 0.5) is 0 Å². The van der Waals surface area contributed by atoms with Gasteiger partial charge in [-0.2, -0.15) is 0 Å². The quantitative estimate of drug-likeness (QED) is 0.538. The monoisotopic (exact) mass is 190 g/mol. The molecular formula is C12H14O2. The zero-order chi connectivity index (χ0) is 10.2. The normalized spacial score (nSPS) is 10.4. The minimum Gasteiger partial charge on any atom is -0.431 e. The maximum atomic E-state index is 11.3. The van der Waals surface area contributed by atoms with Gasteiger partial charge >= 0.3 is 5.97 Å². The van der Waals surface area contributed by atoms with Gasteiger partial charge in [-0.25, -0.2) is 4.79 Å². The minimum atomic E-state index is -0.307. The van der Waals surface area contributed by atoms with Crippen molar-refractivity contribution in [3.05, 3.63) is 48.2 Å². The standard InChI is InChI=1S/C12H14O2/c1-2-3-7-10-14-12(13)11-8-5-4-6-9-11/h4-10H,2-3H2,1H3/b10-7-. The van der Waals surface area contributed by atoms with Crippen LogP contribution in [0.5, 0.6) is 0 Å². The Morgan fingerprint density at radius 3 is 2.71 bits per heavy atom. The molecule has 0 bridgehead atoms. The lowest BCUT2D eigenvalue weighted by molar-refractivity contribution is 0.0662. The van der Waals surface area contributed by atoms with Crippen LogP contribution in [-0.2, 0) is 4.74 Å². The van der Waals surface area contributed by atoms with E-state index in [1.165, 1.54) is 6.26 Å². The smallest absolute Gasteiger partial charge is 0.342 e. The average molecular weight is 190 g/mol. The first-order valence-electron chi connectivity index (χ1n) is 4.75. The van der Waals surface area contributed by atoms with Gasteiger partial charge in [0.05, 0.1) is 11.8 Å². The molecule has 0 spiro atoms. The van der Waals surface area contributed by atoms with E-state index in [4.69, 9.17) is 4.74 Å². The van der Waals surface area contributed by atoms with Crippen molar-refractivity contribution < 1.29 is 9.53 Å². The SMILES string of the molecule is CCC/C=C\OC(=O)c1ccccc1. The molecule has 0 saturated carbocycles. The summed E-state index contributed by atoms with van der Waals surface area (Å²) in [5, 5.41) is 0. The van der Waals surface area contributed by atoms with Crippen LogP contribution < -0.4 is 0 Å². The van der Waals surface area contributed by atoms with Gasteiger partial charge in [0, 0.05) is 0 Å². The van der Waals surface area contributed by atoms with Crippen molar-refractivity contribution in [2.24, 2.45) is 0 Å². The third-order valence-corrected chi connectivity index (χ3v) is 1.74. The summed E-state index contributed by atoms with van der Waals surface area (Å²) in [6.45, 7) is 2.07. The van der Waals surface area contributed by atoms with E-state index in [9.17, 15) is 4.79 Å². The van der Waals surface area contributed by atoms with Crippen molar-refractivity contribution in [3.63, 3.8) is 0 Å². The van der Waals surface area contributed by atoms with Gasteiger partial charge < -0.3 is 4.74 Å². The second-order valence-corrected chi connectivity index (χ2v) is 2.93. The summed E-state index contributed by atoms with van der Waals surface area (Å²) in [4.78, 5) is 11.3. The molecule has 0 radical (unpaired) electrons. The first-order chi connectivity index (χ1) is 6.84. The van der Waals surface area contributed by atoms with Gasteiger partial charge in [-0.1, -0.05) is 31.5 Å². The number of esters is 1. The Morgan fingerprint density at radius 1 is 1.36 bits per heavy atom. The highest BCUT2D eigenvalue weighted by Gasteiger charge is 2.02. The highest BCUT2D eigenvalue weighted by molar-refractivity contribution is 5.89. The molecule has 0 aliphatic rings. The van der Waals surface area contributed by atoms with Crippen LogP contribution in [0.25, 0.3) is 0 Å². The van der Waals surface area contributed by atoms with Crippen LogP contribution in [0.1, 0.15) is 30.1 Å². The molecule has 1 rings (SSSR count). The van der Waals surface area contributed by atoms with Gasteiger partial charge in [0.1, 0.15) is 0 Å². The number of ether oxygens (including phenoxy) is 1. The summed E-state index contributed by atoms with van der Waals surface area (Å²) >= 11 is 0. The van der Waals surface area contributed by atoms with Crippen molar-refractivity contribution in [3.8, 4) is 0 Å². The molecule has 0 aliphatic carbocycles. The molecule has 1 aromatic carbocycles. The molecule has 0 aliphatic heterocycles. The Bertz CT molecular complexity index is 301. The predicted octanol–water partition coefficient (Wildman–Crippen LogP) is 3.16. The Morgan fingerprint density at radius 2 is 2.07 bits per heavy atom. The summed E-state index contributed by atoms with van der Waals surface area (Å²) < 4.78 is 4.91. The van der Waals surface area contributed by atoms with Crippen molar-refractivity contribution in [2.75, 3.05) is 0 Å². The molecule has 0 unspecified atom stereocenters. The lowest BCUT2D eigenvalue weighted by Crippen LogP contribution is -1.99. The van der Waals surface area contributed by atoms with E-state index in [1.54, 1.807) is 12.1 Å². The van der Waals surface area contributed by atoms with E-state index in [0.29, 0.717) is 5.56 Å². The zero-order valence-corrected chi connectivity index (χ0v) is 8.27. The zero-order valence-electron chi connectivity index (χ0n) is 8.27. The molecule has 14 heavy (non-hydrogen) atoms. The largest absolute Gasteiger partial charge is 0.431 e. The van der Waals surface area contributed by atoms with Crippen LogP contribution in [-0.4, -0.2) is 5.97 Å². The predicted molar refractivity (Wildman–Crippen MR) is 55.9 cm³/mol. The number of benzene rings is 1. The molecule has 0 saturated heterocycles. The first-order valence-corrected chi connectivity index (χ1v) is 4.75. The third-order valence-electron chi connectivity index (χ3n) is 1.74. The fourth-order valence-electron chi connectivity index (χ4n) is 0.987. The average Bonchev–Trinajstić information content (AvgIpc) is 2.25. The molecule has 0 atom stereocenters. The maximum Gasteiger partial charge on any atom is 0.342 e. The van der Waals surface area contributed by atoms with Crippen LogP contribution in [0.3, 0.4) is 0 Å². The summed E-state index contributed by atoms with van der Waals surface area (Å²) in [5.41, 5.74) is 0.577. The Kier molecular flexibility index (Phi) is 4.48.